The molecule has 4 N–H and O–H groups in total. The minimum atomic E-state index is -0.194. The highest BCUT2D eigenvalue weighted by atomic mass is 16.1. The van der Waals surface area contributed by atoms with Crippen LogP contribution in [0.15, 0.2) is 36.5 Å². The number of carbonyl (C=O) groups excluding carboxylic acids is 1. The van der Waals surface area contributed by atoms with Crippen molar-refractivity contribution in [3.05, 3.63) is 47.8 Å². The summed E-state index contributed by atoms with van der Waals surface area (Å²) in [5, 5.41) is 9.05. The van der Waals surface area contributed by atoms with E-state index < -0.39 is 0 Å². The molecular weight excluding hydrogens is 204 g/mol. The van der Waals surface area contributed by atoms with Gasteiger partial charge in [-0.3, -0.25) is 9.89 Å². The van der Waals surface area contributed by atoms with Crippen molar-refractivity contribution in [3.8, 4) is 0 Å². The summed E-state index contributed by atoms with van der Waals surface area (Å²) >= 11 is 0. The van der Waals surface area contributed by atoms with Gasteiger partial charge in [0.25, 0.3) is 5.91 Å². The molecule has 0 bridgehead atoms. The van der Waals surface area contributed by atoms with Crippen molar-refractivity contribution < 1.29 is 4.79 Å². The largest absolute Gasteiger partial charge is 0.398 e. The lowest BCUT2D eigenvalue weighted by molar-refractivity contribution is 0.0946. The molecule has 2 rings (SSSR count). The number of nitrogen functional groups attached to an aromatic ring is 1. The molecule has 5 nitrogen and oxygen atoms in total. The number of para-hydroxylation sites is 1. The number of benzene rings is 1. The highest BCUT2D eigenvalue weighted by molar-refractivity contribution is 5.92. The molecule has 2 aromatic rings. The molecule has 0 aliphatic rings. The number of amides is 1. The number of carbonyl (C=O) groups is 1. The molecule has 1 heterocycles. The van der Waals surface area contributed by atoms with Gasteiger partial charge in [0.15, 0.2) is 0 Å². The number of hydrogen-bond acceptors (Lipinski definition) is 3. The third-order valence-electron chi connectivity index (χ3n) is 2.24. The molecule has 82 valence electrons. The van der Waals surface area contributed by atoms with Crippen LogP contribution in [0.4, 0.5) is 5.69 Å². The molecule has 1 aromatic heterocycles. The van der Waals surface area contributed by atoms with Crippen molar-refractivity contribution in [1.82, 2.24) is 15.5 Å². The first-order chi connectivity index (χ1) is 7.77. The Morgan fingerprint density at radius 1 is 1.38 bits per heavy atom. The Morgan fingerprint density at radius 2 is 2.19 bits per heavy atom. The number of nitrogens with one attached hydrogen (secondary N) is 2. The van der Waals surface area contributed by atoms with E-state index in [1.165, 1.54) is 6.20 Å². The summed E-state index contributed by atoms with van der Waals surface area (Å²) in [4.78, 5) is 11.6. The van der Waals surface area contributed by atoms with E-state index in [0.29, 0.717) is 17.9 Å². The number of hydrogen-bond donors (Lipinski definition) is 3. The van der Waals surface area contributed by atoms with E-state index in [1.54, 1.807) is 12.1 Å². The molecule has 0 saturated heterocycles. The average molecular weight is 216 g/mol. The smallest absolute Gasteiger partial charge is 0.269 e. The van der Waals surface area contributed by atoms with E-state index in [-0.39, 0.29) is 5.91 Å². The second kappa shape index (κ2) is 4.48. The molecule has 16 heavy (non-hydrogen) atoms. The summed E-state index contributed by atoms with van der Waals surface area (Å²) in [6.07, 6.45) is 1.53. The quantitative estimate of drug-likeness (QED) is 0.667. The van der Waals surface area contributed by atoms with Crippen LogP contribution < -0.4 is 11.1 Å². The van der Waals surface area contributed by atoms with Crippen LogP contribution in [0.5, 0.6) is 0 Å². The lowest BCUT2D eigenvalue weighted by Gasteiger charge is -2.06. The van der Waals surface area contributed by atoms with Crippen LogP contribution in [0.25, 0.3) is 0 Å². The number of H-pyrrole nitrogens is 1. The van der Waals surface area contributed by atoms with Gasteiger partial charge in [-0.05, 0) is 17.7 Å². The molecule has 0 fully saturated rings. The summed E-state index contributed by atoms with van der Waals surface area (Å²) in [7, 11) is 0. The second-order valence-electron chi connectivity index (χ2n) is 3.35. The number of rotatable bonds is 3. The molecule has 1 aromatic carbocycles. The molecule has 0 unspecified atom stereocenters. The van der Waals surface area contributed by atoms with Gasteiger partial charge in [0.1, 0.15) is 5.69 Å². The third kappa shape index (κ3) is 2.20. The topological polar surface area (TPSA) is 83.8 Å². The van der Waals surface area contributed by atoms with Gasteiger partial charge < -0.3 is 11.1 Å². The first kappa shape index (κ1) is 10.2. The van der Waals surface area contributed by atoms with Gasteiger partial charge in [0.2, 0.25) is 0 Å². The Bertz CT molecular complexity index is 478. The summed E-state index contributed by atoms with van der Waals surface area (Å²) in [5.41, 5.74) is 7.77. The summed E-state index contributed by atoms with van der Waals surface area (Å²) < 4.78 is 0. The highest BCUT2D eigenvalue weighted by Gasteiger charge is 2.06. The van der Waals surface area contributed by atoms with Crippen LogP contribution in [0.2, 0.25) is 0 Å². The highest BCUT2D eigenvalue weighted by Crippen LogP contribution is 2.09. The van der Waals surface area contributed by atoms with Crippen molar-refractivity contribution in [1.29, 1.82) is 0 Å². The molecule has 5 heteroatoms. The fourth-order valence-corrected chi connectivity index (χ4v) is 1.35. The van der Waals surface area contributed by atoms with Gasteiger partial charge in [0.05, 0.1) is 0 Å². The third-order valence-corrected chi connectivity index (χ3v) is 2.24. The Labute approximate surface area is 92.7 Å². The molecule has 0 saturated carbocycles. The van der Waals surface area contributed by atoms with Crippen molar-refractivity contribution >= 4 is 11.6 Å². The maximum atomic E-state index is 11.6. The maximum absolute atomic E-state index is 11.6. The SMILES string of the molecule is Nc1ccccc1CNC(=O)c1ccn[nH]1. The van der Waals surface area contributed by atoms with E-state index in [1.807, 2.05) is 18.2 Å². The predicted molar refractivity (Wildman–Crippen MR) is 60.6 cm³/mol. The predicted octanol–water partition coefficient (Wildman–Crippen LogP) is 0.922. The normalized spacial score (nSPS) is 10.0. The lowest BCUT2D eigenvalue weighted by atomic mass is 10.2. The van der Waals surface area contributed by atoms with Crippen LogP contribution in [0, 0.1) is 0 Å². The maximum Gasteiger partial charge on any atom is 0.269 e. The molecule has 0 radical (unpaired) electrons. The zero-order chi connectivity index (χ0) is 11.4. The van der Waals surface area contributed by atoms with Gasteiger partial charge in [-0.1, -0.05) is 18.2 Å². The van der Waals surface area contributed by atoms with E-state index in [2.05, 4.69) is 15.5 Å². The number of nitrogens with zero attached hydrogens (tertiary/aromatic N) is 1. The fourth-order valence-electron chi connectivity index (χ4n) is 1.35. The average Bonchev–Trinajstić information content (AvgIpc) is 2.81. The Kier molecular flexibility index (Phi) is 2.86. The molecule has 0 aliphatic carbocycles. The number of anilines is 1. The van der Waals surface area contributed by atoms with Gasteiger partial charge in [-0.2, -0.15) is 5.10 Å². The fraction of sp³-hybridized carbons (Fsp3) is 0.0909. The Balaban J connectivity index is 1.98. The molecule has 0 aliphatic heterocycles. The van der Waals surface area contributed by atoms with Gasteiger partial charge >= 0.3 is 0 Å². The van der Waals surface area contributed by atoms with Crippen molar-refractivity contribution in [2.24, 2.45) is 0 Å². The molecule has 0 atom stereocenters. The number of aromatic nitrogens is 2. The zero-order valence-corrected chi connectivity index (χ0v) is 8.60. The van der Waals surface area contributed by atoms with Crippen LogP contribution in [-0.2, 0) is 6.54 Å². The van der Waals surface area contributed by atoms with Gasteiger partial charge in [-0.25, -0.2) is 0 Å². The van der Waals surface area contributed by atoms with Crippen molar-refractivity contribution in [2.45, 2.75) is 6.54 Å². The van der Waals surface area contributed by atoms with Gasteiger partial charge in [-0.15, -0.1) is 0 Å². The monoisotopic (exact) mass is 216 g/mol. The summed E-state index contributed by atoms with van der Waals surface area (Å²) in [6, 6.07) is 9.04. The summed E-state index contributed by atoms with van der Waals surface area (Å²) in [6.45, 7) is 0.407. The van der Waals surface area contributed by atoms with Gasteiger partial charge in [0, 0.05) is 18.4 Å². The first-order valence-electron chi connectivity index (χ1n) is 4.88. The molecule has 0 spiro atoms. The van der Waals surface area contributed by atoms with Crippen molar-refractivity contribution in [3.63, 3.8) is 0 Å². The van der Waals surface area contributed by atoms with Crippen molar-refractivity contribution in [2.75, 3.05) is 5.73 Å². The minimum Gasteiger partial charge on any atom is -0.398 e. The van der Waals surface area contributed by atoms with E-state index in [0.717, 1.165) is 5.56 Å². The van der Waals surface area contributed by atoms with E-state index in [9.17, 15) is 4.79 Å². The minimum absolute atomic E-state index is 0.194. The number of aromatic amines is 1. The zero-order valence-electron chi connectivity index (χ0n) is 8.60. The first-order valence-corrected chi connectivity index (χ1v) is 4.88. The summed E-state index contributed by atoms with van der Waals surface area (Å²) in [5.74, 6) is -0.194. The lowest BCUT2D eigenvalue weighted by Crippen LogP contribution is -2.23. The Hall–Kier alpha value is -2.30. The molecule has 1 amide bonds. The van der Waals surface area contributed by atoms with Crippen LogP contribution in [-0.4, -0.2) is 16.1 Å². The second-order valence-corrected chi connectivity index (χ2v) is 3.35. The van der Waals surface area contributed by atoms with E-state index in [4.69, 9.17) is 5.73 Å². The van der Waals surface area contributed by atoms with Crippen LogP contribution in [0.3, 0.4) is 0 Å². The van der Waals surface area contributed by atoms with Crippen LogP contribution in [0.1, 0.15) is 16.1 Å². The Morgan fingerprint density at radius 3 is 2.88 bits per heavy atom. The standard InChI is InChI=1S/C11H12N4O/c12-9-4-2-1-3-8(9)7-13-11(16)10-5-6-14-15-10/h1-6H,7,12H2,(H,13,16)(H,14,15). The molecular formula is C11H12N4O. The van der Waals surface area contributed by atoms with E-state index >= 15 is 0 Å². The van der Waals surface area contributed by atoms with Crippen LogP contribution >= 0.6 is 0 Å². The number of nitrogens with two attached hydrogens (primary N) is 1.